The Morgan fingerprint density at radius 3 is 2.85 bits per heavy atom. The predicted molar refractivity (Wildman–Crippen MR) is 80.2 cm³/mol. The maximum absolute atomic E-state index is 12.0. The number of rotatable bonds is 2. The van der Waals surface area contributed by atoms with Crippen LogP contribution in [0.5, 0.6) is 5.75 Å². The number of nitrogens with zero attached hydrogens (tertiary/aromatic N) is 1. The number of para-hydroxylation sites is 1. The van der Waals surface area contributed by atoms with E-state index in [4.69, 9.17) is 4.74 Å². The van der Waals surface area contributed by atoms with Crippen molar-refractivity contribution in [2.45, 2.75) is 19.4 Å². The molecule has 104 valence electrons. The van der Waals surface area contributed by atoms with Crippen LogP contribution in [0.3, 0.4) is 0 Å². The molecule has 0 spiro atoms. The molecule has 1 atom stereocenters. The zero-order valence-electron chi connectivity index (χ0n) is 11.6. The molecule has 4 heteroatoms. The van der Waals surface area contributed by atoms with Gasteiger partial charge in [0.1, 0.15) is 5.75 Å². The second-order valence-electron chi connectivity index (χ2n) is 4.91. The average Bonchev–Trinajstić information content (AvgIpc) is 2.94. The first-order valence-electron chi connectivity index (χ1n) is 6.68. The highest BCUT2D eigenvalue weighted by molar-refractivity contribution is 7.10. The summed E-state index contributed by atoms with van der Waals surface area (Å²) >= 11 is 1.77. The lowest BCUT2D eigenvalue weighted by Crippen LogP contribution is -2.38. The van der Waals surface area contributed by atoms with Crippen molar-refractivity contribution in [1.29, 1.82) is 0 Å². The van der Waals surface area contributed by atoms with Gasteiger partial charge in [0.2, 0.25) is 5.91 Å². The summed E-state index contributed by atoms with van der Waals surface area (Å²) in [6.07, 6.45) is 0.943. The van der Waals surface area contributed by atoms with E-state index in [0.717, 1.165) is 24.3 Å². The van der Waals surface area contributed by atoms with E-state index in [1.54, 1.807) is 25.4 Å². The van der Waals surface area contributed by atoms with Crippen molar-refractivity contribution in [1.82, 2.24) is 4.90 Å². The third kappa shape index (κ3) is 2.10. The Bertz CT molecular complexity index is 635. The number of carbonyl (C=O) groups is 1. The minimum absolute atomic E-state index is 0.0290. The maximum Gasteiger partial charge on any atom is 0.220 e. The zero-order valence-corrected chi connectivity index (χ0v) is 12.4. The normalized spacial score (nSPS) is 17.7. The fourth-order valence-electron chi connectivity index (χ4n) is 2.88. The van der Waals surface area contributed by atoms with Crippen molar-refractivity contribution in [3.05, 3.63) is 51.7 Å². The minimum atomic E-state index is -0.0290. The summed E-state index contributed by atoms with van der Waals surface area (Å²) in [7, 11) is 1.67. The largest absolute Gasteiger partial charge is 0.496 e. The summed E-state index contributed by atoms with van der Waals surface area (Å²) in [5.41, 5.74) is 2.30. The first kappa shape index (κ1) is 13.2. The Kier molecular flexibility index (Phi) is 3.49. The summed E-state index contributed by atoms with van der Waals surface area (Å²) in [5.74, 6) is 0.945. The number of ether oxygens (including phenoxy) is 1. The van der Waals surface area contributed by atoms with Crippen molar-refractivity contribution in [3.8, 4) is 5.75 Å². The van der Waals surface area contributed by atoms with E-state index in [-0.39, 0.29) is 11.9 Å². The molecule has 20 heavy (non-hydrogen) atoms. The Hall–Kier alpha value is -1.81. The number of carbonyl (C=O) groups excluding carboxylic acids is 1. The molecule has 1 amide bonds. The van der Waals surface area contributed by atoms with E-state index < -0.39 is 0 Å². The van der Waals surface area contributed by atoms with Crippen LogP contribution in [0.1, 0.15) is 29.0 Å². The molecule has 0 N–H and O–H groups in total. The Labute approximate surface area is 122 Å². The molecule has 0 fully saturated rings. The van der Waals surface area contributed by atoms with Crippen LogP contribution in [0.25, 0.3) is 0 Å². The van der Waals surface area contributed by atoms with Gasteiger partial charge in [-0.1, -0.05) is 18.2 Å². The van der Waals surface area contributed by atoms with Crippen molar-refractivity contribution in [3.63, 3.8) is 0 Å². The van der Waals surface area contributed by atoms with E-state index in [9.17, 15) is 4.79 Å². The predicted octanol–water partition coefficient (Wildman–Crippen LogP) is 3.25. The van der Waals surface area contributed by atoms with Gasteiger partial charge in [0, 0.05) is 23.9 Å². The fourth-order valence-corrected chi connectivity index (χ4v) is 3.79. The van der Waals surface area contributed by atoms with Crippen molar-refractivity contribution < 1.29 is 9.53 Å². The molecular formula is C16H17NO2S. The lowest BCUT2D eigenvalue weighted by molar-refractivity contribution is -0.130. The number of hydrogen-bond acceptors (Lipinski definition) is 3. The van der Waals surface area contributed by atoms with Gasteiger partial charge in [0.25, 0.3) is 0 Å². The Balaban J connectivity index is 2.15. The molecule has 0 bridgehead atoms. The quantitative estimate of drug-likeness (QED) is 0.848. The van der Waals surface area contributed by atoms with Crippen LogP contribution in [-0.4, -0.2) is 24.5 Å². The van der Waals surface area contributed by atoms with E-state index >= 15 is 0 Å². The number of hydrogen-bond donors (Lipinski definition) is 0. The van der Waals surface area contributed by atoms with Gasteiger partial charge in [-0.05, 0) is 29.5 Å². The van der Waals surface area contributed by atoms with Crippen molar-refractivity contribution in [2.75, 3.05) is 13.7 Å². The van der Waals surface area contributed by atoms with Crippen LogP contribution in [0.15, 0.2) is 35.7 Å². The number of amides is 1. The maximum atomic E-state index is 12.0. The fraction of sp³-hybridized carbons (Fsp3) is 0.312. The lowest BCUT2D eigenvalue weighted by Gasteiger charge is -2.36. The van der Waals surface area contributed by atoms with Gasteiger partial charge in [-0.3, -0.25) is 4.79 Å². The average molecular weight is 287 g/mol. The van der Waals surface area contributed by atoms with Crippen LogP contribution in [0, 0.1) is 0 Å². The van der Waals surface area contributed by atoms with Gasteiger partial charge >= 0.3 is 0 Å². The molecule has 3 nitrogen and oxygen atoms in total. The van der Waals surface area contributed by atoms with Crippen LogP contribution >= 0.6 is 11.3 Å². The first-order chi connectivity index (χ1) is 9.72. The van der Waals surface area contributed by atoms with Crippen LogP contribution < -0.4 is 4.74 Å². The van der Waals surface area contributed by atoms with Gasteiger partial charge in [0.05, 0.1) is 13.2 Å². The molecule has 1 aromatic heterocycles. The molecule has 1 aliphatic rings. The standard InChI is InChI=1S/C16H17NO2S/c1-11(18)17-9-7-15-13(8-10-20-15)16(17)12-5-3-4-6-14(12)19-2/h3-6,8,10,16H,7,9H2,1-2H3. The molecular weight excluding hydrogens is 270 g/mol. The van der Waals surface area contributed by atoms with Gasteiger partial charge in [-0.25, -0.2) is 0 Å². The van der Waals surface area contributed by atoms with Crippen LogP contribution in [-0.2, 0) is 11.2 Å². The second-order valence-corrected chi connectivity index (χ2v) is 5.91. The topological polar surface area (TPSA) is 29.5 Å². The smallest absolute Gasteiger partial charge is 0.220 e. The summed E-state index contributed by atoms with van der Waals surface area (Å²) < 4.78 is 5.48. The van der Waals surface area contributed by atoms with Crippen LogP contribution in [0.2, 0.25) is 0 Å². The molecule has 1 aromatic carbocycles. The molecule has 0 aliphatic carbocycles. The highest BCUT2D eigenvalue weighted by atomic mass is 32.1. The molecule has 0 saturated carbocycles. The number of fused-ring (bicyclic) bond motifs is 1. The Morgan fingerprint density at radius 2 is 2.10 bits per heavy atom. The molecule has 3 rings (SSSR count). The number of thiophene rings is 1. The van der Waals surface area contributed by atoms with Crippen LogP contribution in [0.4, 0.5) is 0 Å². The summed E-state index contributed by atoms with van der Waals surface area (Å²) in [6, 6.07) is 10.1. The van der Waals surface area contributed by atoms with Gasteiger partial charge in [-0.15, -0.1) is 11.3 Å². The van der Waals surface area contributed by atoms with E-state index in [0.29, 0.717) is 0 Å². The third-order valence-corrected chi connectivity index (χ3v) is 4.80. The first-order valence-corrected chi connectivity index (χ1v) is 7.56. The molecule has 2 heterocycles. The highest BCUT2D eigenvalue weighted by Crippen LogP contribution is 2.40. The summed E-state index contributed by atoms with van der Waals surface area (Å²) in [4.78, 5) is 15.3. The second kappa shape index (κ2) is 5.29. The number of benzene rings is 1. The summed E-state index contributed by atoms with van der Waals surface area (Å²) in [6.45, 7) is 2.41. The van der Waals surface area contributed by atoms with Gasteiger partial charge < -0.3 is 9.64 Å². The zero-order chi connectivity index (χ0) is 14.1. The van der Waals surface area contributed by atoms with Gasteiger partial charge in [0.15, 0.2) is 0 Å². The number of methoxy groups -OCH3 is 1. The Morgan fingerprint density at radius 1 is 1.30 bits per heavy atom. The molecule has 2 aromatic rings. The molecule has 0 radical (unpaired) electrons. The molecule has 0 saturated heterocycles. The van der Waals surface area contributed by atoms with Crippen molar-refractivity contribution >= 4 is 17.2 Å². The third-order valence-electron chi connectivity index (χ3n) is 3.80. The van der Waals surface area contributed by atoms with Crippen molar-refractivity contribution in [2.24, 2.45) is 0 Å². The lowest BCUT2D eigenvalue weighted by atomic mass is 9.92. The monoisotopic (exact) mass is 287 g/mol. The van der Waals surface area contributed by atoms with E-state index in [1.165, 1.54) is 10.4 Å². The summed E-state index contributed by atoms with van der Waals surface area (Å²) in [5, 5.41) is 2.11. The molecule has 1 unspecified atom stereocenters. The highest BCUT2D eigenvalue weighted by Gasteiger charge is 2.32. The SMILES string of the molecule is COc1ccccc1C1c2ccsc2CCN1C(C)=O. The van der Waals surface area contributed by atoms with E-state index in [2.05, 4.69) is 11.4 Å². The van der Waals surface area contributed by atoms with E-state index in [1.807, 2.05) is 29.2 Å². The van der Waals surface area contributed by atoms with Gasteiger partial charge in [-0.2, -0.15) is 0 Å². The molecule has 1 aliphatic heterocycles. The minimum Gasteiger partial charge on any atom is -0.496 e.